The fraction of sp³-hybridized carbons (Fsp3) is 0.438. The number of aryl methyl sites for hydroxylation is 1. The second-order valence-corrected chi connectivity index (χ2v) is 8.15. The van der Waals surface area contributed by atoms with Gasteiger partial charge in [0.1, 0.15) is 0 Å². The predicted octanol–water partition coefficient (Wildman–Crippen LogP) is 2.63. The lowest BCUT2D eigenvalue weighted by Crippen LogP contribution is -2.27. The van der Waals surface area contributed by atoms with Gasteiger partial charge in [-0.15, -0.1) is 0 Å². The van der Waals surface area contributed by atoms with Crippen LogP contribution in [-0.4, -0.2) is 41.2 Å². The molecule has 7 heteroatoms. The van der Waals surface area contributed by atoms with Gasteiger partial charge in [-0.2, -0.15) is 4.31 Å². The molecule has 2 aliphatic heterocycles. The van der Waals surface area contributed by atoms with Crippen LogP contribution < -0.4 is 0 Å². The van der Waals surface area contributed by atoms with Crippen molar-refractivity contribution in [3.63, 3.8) is 0 Å². The summed E-state index contributed by atoms with van der Waals surface area (Å²) in [5, 5.41) is 11.0. The van der Waals surface area contributed by atoms with Crippen LogP contribution in [0.5, 0.6) is 5.75 Å². The van der Waals surface area contributed by atoms with E-state index in [1.165, 1.54) is 4.31 Å². The molecule has 6 nitrogen and oxygen atoms in total. The van der Waals surface area contributed by atoms with E-state index in [9.17, 15) is 13.5 Å². The summed E-state index contributed by atoms with van der Waals surface area (Å²) in [6.07, 6.45) is 2.65. The van der Waals surface area contributed by atoms with Gasteiger partial charge in [-0.25, -0.2) is 13.4 Å². The van der Waals surface area contributed by atoms with Crippen LogP contribution in [-0.2, 0) is 16.6 Å². The van der Waals surface area contributed by atoms with Crippen LogP contribution in [0.2, 0.25) is 0 Å². The Morgan fingerprint density at radius 2 is 1.91 bits per heavy atom. The van der Waals surface area contributed by atoms with Gasteiger partial charge in [-0.1, -0.05) is 0 Å². The predicted molar refractivity (Wildman–Crippen MR) is 89.0 cm³/mol. The Labute approximate surface area is 135 Å². The van der Waals surface area contributed by atoms with E-state index in [2.05, 4.69) is 4.99 Å². The van der Waals surface area contributed by atoms with Crippen molar-refractivity contribution in [1.29, 1.82) is 0 Å². The molecule has 1 fully saturated rings. The monoisotopic (exact) mass is 333 g/mol. The minimum atomic E-state index is -3.48. The second kappa shape index (κ2) is 5.07. The number of sulfonamides is 1. The molecule has 3 heterocycles. The molecule has 1 aromatic heterocycles. The van der Waals surface area contributed by atoms with Gasteiger partial charge in [0.05, 0.1) is 10.4 Å². The summed E-state index contributed by atoms with van der Waals surface area (Å²) >= 11 is 0. The second-order valence-electron chi connectivity index (χ2n) is 6.21. The highest BCUT2D eigenvalue weighted by atomic mass is 32.2. The Morgan fingerprint density at radius 3 is 2.65 bits per heavy atom. The molecular weight excluding hydrogens is 314 g/mol. The lowest BCUT2D eigenvalue weighted by molar-refractivity contribution is 0.477. The Kier molecular flexibility index (Phi) is 3.24. The maximum atomic E-state index is 12.7. The number of aromatic nitrogens is 1. The molecule has 2 aromatic rings. The third-order valence-electron chi connectivity index (χ3n) is 4.68. The van der Waals surface area contributed by atoms with Gasteiger partial charge in [-0.05, 0) is 38.0 Å². The number of hydrogen-bond donors (Lipinski definition) is 1. The van der Waals surface area contributed by atoms with Crippen LogP contribution >= 0.6 is 0 Å². The Morgan fingerprint density at radius 1 is 1.17 bits per heavy atom. The van der Waals surface area contributed by atoms with Crippen molar-refractivity contribution < 1.29 is 13.5 Å². The topological polar surface area (TPSA) is 74.9 Å². The molecule has 0 spiro atoms. The smallest absolute Gasteiger partial charge is 0.243 e. The molecule has 0 bridgehead atoms. The zero-order chi connectivity index (χ0) is 16.2. The Hall–Kier alpha value is -1.86. The lowest BCUT2D eigenvalue weighted by Gasteiger charge is -2.16. The third kappa shape index (κ3) is 2.18. The first-order valence-electron chi connectivity index (χ1n) is 7.88. The number of benzene rings is 1. The summed E-state index contributed by atoms with van der Waals surface area (Å²) in [7, 11) is -3.48. The highest BCUT2D eigenvalue weighted by Gasteiger charge is 2.28. The molecular formula is C16H19N3O3S. The highest BCUT2D eigenvalue weighted by Crippen LogP contribution is 2.41. The van der Waals surface area contributed by atoms with Gasteiger partial charge in [0, 0.05) is 37.2 Å². The lowest BCUT2D eigenvalue weighted by atomic mass is 10.2. The highest BCUT2D eigenvalue weighted by molar-refractivity contribution is 7.89. The van der Waals surface area contributed by atoms with Crippen LogP contribution in [0.25, 0.3) is 10.9 Å². The Bertz CT molecular complexity index is 922. The maximum Gasteiger partial charge on any atom is 0.243 e. The number of hydrogen-bond acceptors (Lipinski definition) is 4. The first-order valence-corrected chi connectivity index (χ1v) is 9.32. The van der Waals surface area contributed by atoms with Crippen molar-refractivity contribution in [2.45, 2.75) is 37.6 Å². The van der Waals surface area contributed by atoms with Gasteiger partial charge in [0.2, 0.25) is 10.0 Å². The Balaban J connectivity index is 1.88. The number of rotatable bonds is 2. The molecule has 0 atom stereocenters. The first kappa shape index (κ1) is 14.7. The van der Waals surface area contributed by atoms with E-state index < -0.39 is 10.0 Å². The van der Waals surface area contributed by atoms with E-state index in [0.29, 0.717) is 24.3 Å². The van der Waals surface area contributed by atoms with Gasteiger partial charge < -0.3 is 9.67 Å². The quantitative estimate of drug-likeness (QED) is 0.918. The maximum absolute atomic E-state index is 12.7. The molecule has 1 saturated heterocycles. The minimum absolute atomic E-state index is 0.0671. The fourth-order valence-electron chi connectivity index (χ4n) is 3.39. The summed E-state index contributed by atoms with van der Waals surface area (Å²) in [4.78, 5) is 4.66. The number of aromatic hydroxyl groups is 1. The normalized spacial score (nSPS) is 19.1. The molecule has 1 aromatic carbocycles. The number of nitrogens with zero attached hydrogens (tertiary/aromatic N) is 3. The number of fused-ring (bicyclic) bond motifs is 3. The summed E-state index contributed by atoms with van der Waals surface area (Å²) in [5.74, 6) is 0.594. The zero-order valence-corrected chi connectivity index (χ0v) is 13.8. The molecule has 4 rings (SSSR count). The van der Waals surface area contributed by atoms with Crippen molar-refractivity contribution in [2.75, 3.05) is 13.1 Å². The third-order valence-corrected chi connectivity index (χ3v) is 6.57. The largest absolute Gasteiger partial charge is 0.504 e. The first-order chi connectivity index (χ1) is 11.0. The standard InChI is InChI=1S/C16H19N3O3S/c1-11-6-9-19-14-5-4-12(10-13(14)15(20)16(19)17-11)23(21,22)18-7-2-3-8-18/h4-5,10,20H,2-3,6-9H2,1H3. The van der Waals surface area contributed by atoms with E-state index >= 15 is 0 Å². The van der Waals surface area contributed by atoms with E-state index in [1.54, 1.807) is 18.2 Å². The van der Waals surface area contributed by atoms with Crippen LogP contribution in [0.3, 0.4) is 0 Å². The average molecular weight is 333 g/mol. The van der Waals surface area contributed by atoms with Gasteiger partial charge in [-0.3, -0.25) is 0 Å². The van der Waals surface area contributed by atoms with E-state index in [-0.39, 0.29) is 10.6 Å². The molecule has 0 amide bonds. The van der Waals surface area contributed by atoms with Crippen molar-refractivity contribution in [3.05, 3.63) is 18.2 Å². The summed E-state index contributed by atoms with van der Waals surface area (Å²) in [6, 6.07) is 4.99. The molecule has 0 unspecified atom stereocenters. The molecule has 1 N–H and O–H groups in total. The van der Waals surface area contributed by atoms with E-state index in [0.717, 1.165) is 37.0 Å². The van der Waals surface area contributed by atoms with Crippen LogP contribution in [0.4, 0.5) is 5.82 Å². The molecule has 0 aliphatic carbocycles. The molecule has 23 heavy (non-hydrogen) atoms. The van der Waals surface area contributed by atoms with Crippen LogP contribution in [0, 0.1) is 0 Å². The average Bonchev–Trinajstić information content (AvgIpc) is 3.16. The van der Waals surface area contributed by atoms with E-state index in [4.69, 9.17) is 0 Å². The van der Waals surface area contributed by atoms with Crippen molar-refractivity contribution in [3.8, 4) is 5.75 Å². The summed E-state index contributed by atoms with van der Waals surface area (Å²) < 4.78 is 28.9. The zero-order valence-electron chi connectivity index (χ0n) is 13.0. The molecule has 0 radical (unpaired) electrons. The van der Waals surface area contributed by atoms with Crippen LogP contribution in [0.1, 0.15) is 26.2 Å². The van der Waals surface area contributed by atoms with Gasteiger partial charge >= 0.3 is 0 Å². The van der Waals surface area contributed by atoms with Crippen molar-refractivity contribution >= 4 is 32.5 Å². The molecule has 0 saturated carbocycles. The molecule has 122 valence electrons. The van der Waals surface area contributed by atoms with Crippen LogP contribution in [0.15, 0.2) is 28.1 Å². The summed E-state index contributed by atoms with van der Waals surface area (Å²) in [6.45, 7) is 3.83. The fourth-order valence-corrected chi connectivity index (χ4v) is 4.93. The van der Waals surface area contributed by atoms with Gasteiger partial charge in [0.25, 0.3) is 0 Å². The number of aliphatic imine (C=N–C) groups is 1. The van der Waals surface area contributed by atoms with E-state index in [1.807, 2.05) is 11.5 Å². The summed E-state index contributed by atoms with van der Waals surface area (Å²) in [5.41, 5.74) is 1.80. The van der Waals surface area contributed by atoms with Crippen molar-refractivity contribution in [1.82, 2.24) is 8.87 Å². The minimum Gasteiger partial charge on any atom is -0.504 e. The molecule has 2 aliphatic rings. The van der Waals surface area contributed by atoms with Crippen molar-refractivity contribution in [2.24, 2.45) is 4.99 Å². The SMILES string of the molecule is CC1=Nc2c(O)c3cc(S(=O)(=O)N4CCCC4)ccc3n2CC1. The van der Waals surface area contributed by atoms with Gasteiger partial charge in [0.15, 0.2) is 11.6 Å².